The molecule has 1 unspecified atom stereocenters. The van der Waals surface area contributed by atoms with Crippen LogP contribution in [0.1, 0.15) is 77.2 Å². The van der Waals surface area contributed by atoms with Crippen LogP contribution in [0.3, 0.4) is 0 Å². The third-order valence-corrected chi connectivity index (χ3v) is 10.2. The molecule has 200 valence electrons. The first kappa shape index (κ1) is 25.3. The molecule has 1 aromatic heterocycles. The van der Waals surface area contributed by atoms with Crippen molar-refractivity contribution in [3.8, 4) is 0 Å². The molecule has 8 nitrogen and oxygen atoms in total. The number of fused-ring (bicyclic) bond motifs is 3. The number of nitrogens with one attached hydrogen (secondary N) is 1. The maximum atomic E-state index is 13.7. The van der Waals surface area contributed by atoms with Gasteiger partial charge >= 0.3 is 7.60 Å². The van der Waals surface area contributed by atoms with Crippen LogP contribution in [0.4, 0.5) is 5.82 Å². The van der Waals surface area contributed by atoms with E-state index in [-0.39, 0.29) is 30.1 Å². The zero-order chi connectivity index (χ0) is 25.7. The van der Waals surface area contributed by atoms with E-state index >= 15 is 0 Å². The number of hydrogen-bond donors (Lipinski definition) is 3. The third-order valence-electron chi connectivity index (χ3n) is 9.35. The molecule has 9 heteroatoms. The first-order chi connectivity index (χ1) is 17.8. The molecule has 0 radical (unpaired) electrons. The van der Waals surface area contributed by atoms with Crippen molar-refractivity contribution in [2.45, 2.75) is 95.3 Å². The normalized spacial score (nSPS) is 30.5. The van der Waals surface area contributed by atoms with Gasteiger partial charge < -0.3 is 19.7 Å². The number of aromatic nitrogens is 2. The summed E-state index contributed by atoms with van der Waals surface area (Å²) in [7, 11) is -4.16. The molecule has 2 aliphatic carbocycles. The van der Waals surface area contributed by atoms with Crippen LogP contribution in [-0.4, -0.2) is 55.1 Å². The van der Waals surface area contributed by atoms with E-state index in [1.165, 1.54) is 51.4 Å². The molecular weight excluding hydrogens is 487 g/mol. The van der Waals surface area contributed by atoms with Crippen LogP contribution in [0, 0.1) is 5.92 Å². The van der Waals surface area contributed by atoms with E-state index in [2.05, 4.69) is 22.1 Å². The van der Waals surface area contributed by atoms with Gasteiger partial charge in [0.05, 0.1) is 17.2 Å². The van der Waals surface area contributed by atoms with E-state index < -0.39 is 7.60 Å². The van der Waals surface area contributed by atoms with E-state index in [9.17, 15) is 19.1 Å². The minimum atomic E-state index is -4.16. The monoisotopic (exact) mass is 526 g/mol. The van der Waals surface area contributed by atoms with Gasteiger partial charge in [0.15, 0.2) is 5.82 Å². The summed E-state index contributed by atoms with van der Waals surface area (Å²) in [5, 5.41) is 2.93. The molecule has 37 heavy (non-hydrogen) atoms. The zero-order valence-electron chi connectivity index (χ0n) is 21.7. The Kier molecular flexibility index (Phi) is 6.81. The molecule has 2 aromatic rings. The Bertz CT molecular complexity index is 1300. The topological polar surface area (TPSA) is 108 Å². The molecule has 2 fully saturated rings. The molecule has 2 aliphatic heterocycles. The van der Waals surface area contributed by atoms with Crippen LogP contribution >= 0.6 is 7.60 Å². The summed E-state index contributed by atoms with van der Waals surface area (Å²) in [4.78, 5) is 39.6. The Morgan fingerprint density at radius 1 is 1.03 bits per heavy atom. The Balaban J connectivity index is 1.29. The largest absolute Gasteiger partial charge is 0.365 e. The zero-order valence-corrected chi connectivity index (χ0v) is 22.6. The van der Waals surface area contributed by atoms with E-state index in [4.69, 9.17) is 0 Å². The Morgan fingerprint density at radius 3 is 2.49 bits per heavy atom. The van der Waals surface area contributed by atoms with Gasteiger partial charge in [-0.05, 0) is 75.8 Å². The number of rotatable bonds is 6. The molecule has 0 saturated carbocycles. The highest BCUT2D eigenvalue weighted by Gasteiger charge is 2.44. The standard InChI is InChI=1S/C28H39N4O4P/c1-18-14-19-15-20(8-5-9-24(18)19)31-21-6-4-7-22(31)17-23(16-21)32-26-11-3-2-10-25(26)30-27(28(32)33)29-12-13-37(34,35)36/h2-3,10-11,18,20-23H,4-9,12-17H2,1H3,(H,29,30)(H2,34,35,36)/t18-,20+,21-,22+,23?/m0/s1. The van der Waals surface area contributed by atoms with Crippen molar-refractivity contribution in [1.29, 1.82) is 0 Å². The van der Waals surface area contributed by atoms with Crippen LogP contribution in [-0.2, 0) is 4.57 Å². The Labute approximate surface area is 218 Å². The van der Waals surface area contributed by atoms with Crippen molar-refractivity contribution >= 4 is 24.4 Å². The molecule has 4 aliphatic rings. The first-order valence-electron chi connectivity index (χ1n) is 14.1. The smallest absolute Gasteiger partial charge is 0.327 e. The van der Waals surface area contributed by atoms with Crippen LogP contribution in [0.15, 0.2) is 40.2 Å². The van der Waals surface area contributed by atoms with E-state index in [1.807, 2.05) is 28.8 Å². The van der Waals surface area contributed by atoms with Crippen molar-refractivity contribution in [2.24, 2.45) is 5.92 Å². The van der Waals surface area contributed by atoms with Gasteiger partial charge in [0.1, 0.15) is 0 Å². The molecule has 2 bridgehead atoms. The predicted molar refractivity (Wildman–Crippen MR) is 146 cm³/mol. The van der Waals surface area contributed by atoms with Crippen LogP contribution in [0.25, 0.3) is 11.0 Å². The van der Waals surface area contributed by atoms with Crippen LogP contribution in [0.2, 0.25) is 0 Å². The second kappa shape index (κ2) is 9.96. The molecule has 0 spiro atoms. The van der Waals surface area contributed by atoms with Gasteiger partial charge in [-0.15, -0.1) is 0 Å². The summed E-state index contributed by atoms with van der Waals surface area (Å²) >= 11 is 0. The second-order valence-corrected chi connectivity index (χ2v) is 13.5. The summed E-state index contributed by atoms with van der Waals surface area (Å²) in [5.74, 6) is 0.970. The molecule has 3 heterocycles. The lowest BCUT2D eigenvalue weighted by Crippen LogP contribution is -2.57. The molecule has 3 N–H and O–H groups in total. The van der Waals surface area contributed by atoms with Crippen molar-refractivity contribution in [3.63, 3.8) is 0 Å². The minimum Gasteiger partial charge on any atom is -0.365 e. The second-order valence-electron chi connectivity index (χ2n) is 11.7. The highest BCUT2D eigenvalue weighted by atomic mass is 31.2. The Hall–Kier alpha value is -1.99. The SMILES string of the molecule is C[C@H]1CC2=C1CCC[C@@H](N1[C@@H]3CCC[C@H]1CC(n1c(=O)c(NCCP(=O)(O)O)nc4ccccc41)C3)C2. The Morgan fingerprint density at radius 2 is 1.76 bits per heavy atom. The van der Waals surface area contributed by atoms with Gasteiger partial charge in [0.25, 0.3) is 5.56 Å². The van der Waals surface area contributed by atoms with Crippen LogP contribution in [0.5, 0.6) is 0 Å². The van der Waals surface area contributed by atoms with Gasteiger partial charge in [-0.3, -0.25) is 14.3 Å². The molecule has 6 rings (SSSR count). The summed E-state index contributed by atoms with van der Waals surface area (Å²) in [6, 6.07) is 9.46. The number of allylic oxidation sites excluding steroid dienone is 1. The minimum absolute atomic E-state index is 0.00664. The fraction of sp³-hybridized carbons (Fsp3) is 0.643. The van der Waals surface area contributed by atoms with E-state index in [0.717, 1.165) is 29.8 Å². The lowest BCUT2D eigenvalue weighted by molar-refractivity contribution is -0.0198. The van der Waals surface area contributed by atoms with Gasteiger partial charge in [0, 0.05) is 30.7 Å². The quantitative estimate of drug-likeness (QED) is 0.366. The maximum Gasteiger partial charge on any atom is 0.327 e. The highest BCUT2D eigenvalue weighted by Crippen LogP contribution is 2.47. The number of nitrogens with zero attached hydrogens (tertiary/aromatic N) is 3. The fourth-order valence-electron chi connectivity index (χ4n) is 7.80. The molecular formula is C28H39N4O4P. The average molecular weight is 527 g/mol. The number of piperidine rings is 2. The third kappa shape index (κ3) is 4.94. The predicted octanol–water partition coefficient (Wildman–Crippen LogP) is 4.82. The van der Waals surface area contributed by atoms with Gasteiger partial charge in [-0.2, -0.15) is 0 Å². The number of benzene rings is 1. The number of para-hydroxylation sites is 2. The van der Waals surface area contributed by atoms with Gasteiger partial charge in [0.2, 0.25) is 0 Å². The van der Waals surface area contributed by atoms with Crippen molar-refractivity contribution < 1.29 is 14.4 Å². The number of hydrogen-bond acceptors (Lipinski definition) is 5. The first-order valence-corrected chi connectivity index (χ1v) is 15.9. The number of anilines is 1. The molecule has 5 atom stereocenters. The molecule has 2 saturated heterocycles. The van der Waals surface area contributed by atoms with E-state index in [0.29, 0.717) is 18.1 Å². The molecule has 0 amide bonds. The lowest BCUT2D eigenvalue weighted by atomic mass is 9.75. The summed E-state index contributed by atoms with van der Waals surface area (Å²) < 4.78 is 13.3. The molecule has 1 aromatic carbocycles. The summed E-state index contributed by atoms with van der Waals surface area (Å²) in [5.41, 5.74) is 4.87. The van der Waals surface area contributed by atoms with Gasteiger partial charge in [-0.1, -0.05) is 36.6 Å². The van der Waals surface area contributed by atoms with Crippen molar-refractivity contribution in [1.82, 2.24) is 14.5 Å². The summed E-state index contributed by atoms with van der Waals surface area (Å²) in [6.07, 6.45) is 11.6. The highest BCUT2D eigenvalue weighted by molar-refractivity contribution is 7.51. The van der Waals surface area contributed by atoms with Crippen LogP contribution < -0.4 is 10.9 Å². The van der Waals surface area contributed by atoms with E-state index in [1.54, 1.807) is 11.1 Å². The maximum absolute atomic E-state index is 13.7. The van der Waals surface area contributed by atoms with Crippen molar-refractivity contribution in [2.75, 3.05) is 18.0 Å². The summed E-state index contributed by atoms with van der Waals surface area (Å²) in [6.45, 7) is 2.39. The lowest BCUT2D eigenvalue weighted by Gasteiger charge is -2.53. The average Bonchev–Trinajstić information content (AvgIpc) is 3.01. The van der Waals surface area contributed by atoms with Crippen molar-refractivity contribution in [3.05, 3.63) is 45.8 Å². The van der Waals surface area contributed by atoms with Gasteiger partial charge in [-0.25, -0.2) is 4.98 Å². The fourth-order valence-corrected chi connectivity index (χ4v) is 8.20.